The van der Waals surface area contributed by atoms with E-state index in [9.17, 15) is 24.3 Å². The predicted octanol–water partition coefficient (Wildman–Crippen LogP) is 5.60. The third-order valence-corrected chi connectivity index (χ3v) is 12.7. The molecule has 0 radical (unpaired) electrons. The normalized spacial score (nSPS) is 27.7. The van der Waals surface area contributed by atoms with E-state index in [1.165, 1.54) is 28.4 Å². The summed E-state index contributed by atoms with van der Waals surface area (Å²) in [6, 6.07) is 21.1. The lowest BCUT2D eigenvalue weighted by molar-refractivity contribution is -0.123. The van der Waals surface area contributed by atoms with Crippen LogP contribution >= 0.6 is 39.0 Å². The molecule has 0 unspecified atom stereocenters. The molecule has 45 heavy (non-hydrogen) atoms. The lowest BCUT2D eigenvalue weighted by Crippen LogP contribution is -2.42. The van der Waals surface area contributed by atoms with Crippen LogP contribution in [0.5, 0.6) is 11.5 Å². The van der Waals surface area contributed by atoms with Crippen LogP contribution in [0.15, 0.2) is 87.1 Å². The number of aromatic hydroxyl groups is 1. The summed E-state index contributed by atoms with van der Waals surface area (Å²) < 4.78 is 6.63. The standard InChI is InChI=1S/C33H26BrN3O6S2/c34-16-3-7-18(8-4-16)37-31(40)26-21-13-22(27(26)32(37)41)28-25(21)24(29-30(44-28)36-33(42)45-29)15-1-11-20(12-2-15)43-14-23(39)35-17-5-9-19(38)10-6-17/h1-12,21-22,24-28,38H,13-14H2,(H,35,39)(H,36,42)/t21-,22-,24+,25-,26+,27+,28-/m1/s1. The van der Waals surface area contributed by atoms with Crippen molar-refractivity contribution in [3.05, 3.63) is 97.4 Å². The molecule has 9 nitrogen and oxygen atoms in total. The first-order valence-electron chi connectivity index (χ1n) is 14.6. The molecule has 228 valence electrons. The van der Waals surface area contributed by atoms with Gasteiger partial charge in [0.15, 0.2) is 6.61 Å². The SMILES string of the molecule is O=C(COc1ccc([C@@H]2c3sc(=O)[nH]c3S[C@@H]3[C@@H]4C[C@@H]([C@@H]5C(=O)N(c6ccc(Br)cc6)C(=O)[C@@H]45)[C@H]23)cc1)Nc1ccc(O)cc1. The summed E-state index contributed by atoms with van der Waals surface area (Å²) in [5.74, 6) is -0.611. The van der Waals surface area contributed by atoms with E-state index in [-0.39, 0.29) is 75.7 Å². The van der Waals surface area contributed by atoms with E-state index < -0.39 is 0 Å². The van der Waals surface area contributed by atoms with Crippen LogP contribution in [0, 0.1) is 29.6 Å². The summed E-state index contributed by atoms with van der Waals surface area (Å²) in [5.41, 5.74) is 2.16. The minimum Gasteiger partial charge on any atom is -0.508 e. The number of ether oxygens (including phenoxy) is 1. The summed E-state index contributed by atoms with van der Waals surface area (Å²) in [4.78, 5) is 57.9. The zero-order valence-corrected chi connectivity index (χ0v) is 26.7. The fourth-order valence-corrected chi connectivity index (χ4v) is 11.0. The molecule has 4 aromatic rings. The Morgan fingerprint density at radius 1 is 0.956 bits per heavy atom. The van der Waals surface area contributed by atoms with Crippen LogP contribution in [0.1, 0.15) is 22.8 Å². The third kappa shape index (κ3) is 4.72. The van der Waals surface area contributed by atoms with Crippen molar-refractivity contribution in [1.82, 2.24) is 4.98 Å². The van der Waals surface area contributed by atoms with Gasteiger partial charge in [0.25, 0.3) is 5.91 Å². The monoisotopic (exact) mass is 703 g/mol. The molecule has 7 atom stereocenters. The van der Waals surface area contributed by atoms with Crippen molar-refractivity contribution in [1.29, 1.82) is 0 Å². The Morgan fingerprint density at radius 2 is 1.64 bits per heavy atom. The van der Waals surface area contributed by atoms with Gasteiger partial charge in [0.05, 0.1) is 22.5 Å². The number of nitrogens with one attached hydrogen (secondary N) is 2. The van der Waals surface area contributed by atoms with E-state index in [0.717, 1.165) is 26.4 Å². The molecule has 2 aliphatic carbocycles. The molecule has 3 amide bonds. The maximum atomic E-state index is 13.9. The van der Waals surface area contributed by atoms with Gasteiger partial charge < -0.3 is 20.1 Å². The van der Waals surface area contributed by atoms with Gasteiger partial charge in [-0.15, -0.1) is 11.8 Å². The molecule has 2 saturated carbocycles. The molecule has 4 aliphatic rings. The summed E-state index contributed by atoms with van der Waals surface area (Å²) in [6.45, 7) is -0.188. The Balaban J connectivity index is 1.05. The maximum Gasteiger partial charge on any atom is 0.305 e. The average Bonchev–Trinajstić information content (AvgIpc) is 3.77. The van der Waals surface area contributed by atoms with Gasteiger partial charge in [-0.2, -0.15) is 0 Å². The Bertz CT molecular complexity index is 1890. The fraction of sp³-hybridized carbons (Fsp3) is 0.273. The van der Waals surface area contributed by atoms with Gasteiger partial charge in [-0.1, -0.05) is 39.4 Å². The average molecular weight is 705 g/mol. The number of anilines is 2. The lowest BCUT2D eigenvalue weighted by atomic mass is 9.68. The Labute approximate surface area is 274 Å². The first-order valence-corrected chi connectivity index (χ1v) is 17.1. The molecule has 12 heteroatoms. The molecule has 0 spiro atoms. The number of nitrogens with zero attached hydrogens (tertiary/aromatic N) is 1. The second kappa shape index (κ2) is 10.9. The number of hydrogen-bond donors (Lipinski definition) is 3. The number of carbonyl (C=O) groups excluding carboxylic acids is 3. The number of thioether (sulfide) groups is 1. The molecule has 2 bridgehead atoms. The van der Waals surface area contributed by atoms with Crippen LogP contribution in [-0.2, 0) is 14.4 Å². The second-order valence-corrected chi connectivity index (χ2v) is 15.0. The van der Waals surface area contributed by atoms with Crippen molar-refractivity contribution >= 4 is 68.1 Å². The van der Waals surface area contributed by atoms with Crippen molar-refractivity contribution in [3.63, 3.8) is 0 Å². The van der Waals surface area contributed by atoms with Gasteiger partial charge in [0.1, 0.15) is 11.5 Å². The number of H-pyrrole nitrogens is 1. The van der Waals surface area contributed by atoms with E-state index in [0.29, 0.717) is 17.1 Å². The van der Waals surface area contributed by atoms with Gasteiger partial charge >= 0.3 is 4.87 Å². The van der Waals surface area contributed by atoms with E-state index >= 15 is 0 Å². The molecular weight excluding hydrogens is 678 g/mol. The highest BCUT2D eigenvalue weighted by Crippen LogP contribution is 2.68. The number of aromatic nitrogens is 1. The molecule has 3 heterocycles. The van der Waals surface area contributed by atoms with Crippen LogP contribution < -0.4 is 19.8 Å². The summed E-state index contributed by atoms with van der Waals surface area (Å²) in [6.07, 6.45) is 0.816. The molecule has 8 rings (SSSR count). The number of phenolic OH excluding ortho intramolecular Hbond substituents is 1. The Morgan fingerprint density at radius 3 is 2.36 bits per heavy atom. The molecular formula is C33H26BrN3O6S2. The van der Waals surface area contributed by atoms with E-state index in [2.05, 4.69) is 26.2 Å². The number of benzene rings is 3. The highest BCUT2D eigenvalue weighted by atomic mass is 79.9. The van der Waals surface area contributed by atoms with Crippen molar-refractivity contribution < 1.29 is 24.2 Å². The lowest BCUT2D eigenvalue weighted by Gasteiger charge is -2.43. The van der Waals surface area contributed by atoms with E-state index in [1.807, 2.05) is 36.4 Å². The van der Waals surface area contributed by atoms with Gasteiger partial charge in [0.2, 0.25) is 11.8 Å². The fourth-order valence-electron chi connectivity index (χ4n) is 7.90. The summed E-state index contributed by atoms with van der Waals surface area (Å²) in [5, 5.41) is 13.1. The van der Waals surface area contributed by atoms with E-state index in [4.69, 9.17) is 4.74 Å². The first kappa shape index (κ1) is 28.6. The highest BCUT2D eigenvalue weighted by Gasteiger charge is 2.69. The van der Waals surface area contributed by atoms with Crippen LogP contribution in [-0.4, -0.2) is 39.7 Å². The minimum absolute atomic E-state index is 0.0178. The smallest absolute Gasteiger partial charge is 0.305 e. The van der Waals surface area contributed by atoms with Crippen LogP contribution in [0.2, 0.25) is 0 Å². The number of thiazole rings is 1. The molecule has 3 aromatic carbocycles. The largest absolute Gasteiger partial charge is 0.508 e. The molecule has 2 aliphatic heterocycles. The van der Waals surface area contributed by atoms with Crippen LogP contribution in [0.3, 0.4) is 0 Å². The Kier molecular flexibility index (Phi) is 6.92. The zero-order valence-electron chi connectivity index (χ0n) is 23.5. The summed E-state index contributed by atoms with van der Waals surface area (Å²) >= 11 is 6.31. The number of aromatic amines is 1. The van der Waals surface area contributed by atoms with E-state index in [1.54, 1.807) is 36.0 Å². The summed E-state index contributed by atoms with van der Waals surface area (Å²) in [7, 11) is 0. The quantitative estimate of drug-likeness (QED) is 0.176. The van der Waals surface area contributed by atoms with Crippen molar-refractivity contribution in [3.8, 4) is 11.5 Å². The van der Waals surface area contributed by atoms with Gasteiger partial charge in [-0.25, -0.2) is 0 Å². The van der Waals surface area contributed by atoms with Crippen LogP contribution in [0.4, 0.5) is 11.4 Å². The number of halogens is 1. The maximum absolute atomic E-state index is 13.9. The topological polar surface area (TPSA) is 129 Å². The first-order chi connectivity index (χ1) is 21.8. The number of fused-ring (bicyclic) bond motifs is 9. The van der Waals surface area contributed by atoms with Crippen LogP contribution in [0.25, 0.3) is 0 Å². The van der Waals surface area contributed by atoms with Gasteiger partial charge in [0, 0.05) is 26.2 Å². The molecule has 3 fully saturated rings. The van der Waals surface area contributed by atoms with Crippen molar-refractivity contribution in [2.24, 2.45) is 29.6 Å². The molecule has 1 saturated heterocycles. The number of imide groups is 1. The third-order valence-electron chi connectivity index (χ3n) is 9.57. The molecule has 1 aromatic heterocycles. The molecule has 3 N–H and O–H groups in total. The predicted molar refractivity (Wildman–Crippen MR) is 174 cm³/mol. The number of rotatable bonds is 6. The Hall–Kier alpha value is -3.87. The van der Waals surface area contributed by atoms with Crippen molar-refractivity contribution in [2.45, 2.75) is 22.6 Å². The number of hydrogen-bond acceptors (Lipinski definition) is 8. The number of phenols is 1. The second-order valence-electron chi connectivity index (χ2n) is 11.9. The number of carbonyl (C=O) groups is 3. The van der Waals surface area contributed by atoms with Gasteiger partial charge in [-0.3, -0.25) is 24.1 Å². The number of amides is 3. The van der Waals surface area contributed by atoms with Gasteiger partial charge in [-0.05, 0) is 90.4 Å². The minimum atomic E-state index is -0.373. The zero-order chi connectivity index (χ0) is 31.0. The van der Waals surface area contributed by atoms with Crippen molar-refractivity contribution in [2.75, 3.05) is 16.8 Å². The highest BCUT2D eigenvalue weighted by molar-refractivity contribution is 9.10.